The molecule has 0 aromatic heterocycles. The second-order valence-electron chi connectivity index (χ2n) is 8.90. The maximum atomic E-state index is 6.35. The van der Waals surface area contributed by atoms with E-state index in [0.717, 1.165) is 35.7 Å². The predicted octanol–water partition coefficient (Wildman–Crippen LogP) is 5.77. The van der Waals surface area contributed by atoms with Crippen LogP contribution in [0.2, 0.25) is 5.02 Å². The minimum atomic E-state index is 0. The van der Waals surface area contributed by atoms with E-state index in [1.54, 1.807) is 0 Å². The van der Waals surface area contributed by atoms with Crippen molar-refractivity contribution in [1.29, 1.82) is 0 Å². The highest BCUT2D eigenvalue weighted by atomic mass is 35.5. The van der Waals surface area contributed by atoms with Gasteiger partial charge in [0, 0.05) is 17.1 Å². The van der Waals surface area contributed by atoms with Crippen LogP contribution in [-0.4, -0.2) is 12.6 Å². The maximum absolute atomic E-state index is 6.35. The third-order valence-electron chi connectivity index (χ3n) is 7.21. The summed E-state index contributed by atoms with van der Waals surface area (Å²) in [5.41, 5.74) is 8.12. The molecule has 2 nitrogen and oxygen atoms in total. The Labute approximate surface area is 175 Å². The van der Waals surface area contributed by atoms with E-state index < -0.39 is 0 Å². The number of hydrogen-bond donors (Lipinski definition) is 2. The highest BCUT2D eigenvalue weighted by molar-refractivity contribution is 6.30. The standard InChI is InChI=1S/C21H31ClN2.2ClH/c1-14(21-11-15-8-16(12-21)10-17(9-15)13-21)24-7-6-20(23)18-2-4-19(22)5-3-18;;/h2-5,14-17,20,24H,6-13,23H2,1H3;2*1H. The molecule has 148 valence electrons. The van der Waals surface area contributed by atoms with Crippen molar-refractivity contribution in [2.45, 2.75) is 64.0 Å². The zero-order valence-electron chi connectivity index (χ0n) is 15.6. The van der Waals surface area contributed by atoms with Crippen molar-refractivity contribution in [2.75, 3.05) is 6.54 Å². The van der Waals surface area contributed by atoms with Crippen molar-refractivity contribution in [3.63, 3.8) is 0 Å². The molecular weight excluding hydrogens is 387 g/mol. The van der Waals surface area contributed by atoms with E-state index in [1.165, 1.54) is 44.1 Å². The van der Waals surface area contributed by atoms with Crippen LogP contribution in [0.5, 0.6) is 0 Å². The Kier molecular flexibility index (Phi) is 7.73. The monoisotopic (exact) mass is 418 g/mol. The molecule has 2 unspecified atom stereocenters. The summed E-state index contributed by atoms with van der Waals surface area (Å²) in [7, 11) is 0. The van der Waals surface area contributed by atoms with Crippen molar-refractivity contribution < 1.29 is 0 Å². The molecule has 5 rings (SSSR count). The van der Waals surface area contributed by atoms with Crippen molar-refractivity contribution in [2.24, 2.45) is 28.9 Å². The first kappa shape index (κ1) is 22.3. The third-order valence-corrected chi connectivity index (χ3v) is 7.46. The van der Waals surface area contributed by atoms with E-state index in [1.807, 2.05) is 12.1 Å². The fourth-order valence-electron chi connectivity index (χ4n) is 6.26. The number of halogens is 3. The zero-order chi connectivity index (χ0) is 16.7. The predicted molar refractivity (Wildman–Crippen MR) is 116 cm³/mol. The molecule has 4 saturated carbocycles. The van der Waals surface area contributed by atoms with E-state index in [2.05, 4.69) is 24.4 Å². The topological polar surface area (TPSA) is 38.0 Å². The molecule has 2 atom stereocenters. The fraction of sp³-hybridized carbons (Fsp3) is 0.714. The Balaban J connectivity index is 0.00000121. The molecule has 0 aliphatic heterocycles. The highest BCUT2D eigenvalue weighted by Crippen LogP contribution is 2.61. The van der Waals surface area contributed by atoms with Gasteiger partial charge in [0.05, 0.1) is 0 Å². The van der Waals surface area contributed by atoms with Gasteiger partial charge in [0.15, 0.2) is 0 Å². The van der Waals surface area contributed by atoms with Crippen molar-refractivity contribution in [3.05, 3.63) is 34.9 Å². The van der Waals surface area contributed by atoms with E-state index in [9.17, 15) is 0 Å². The van der Waals surface area contributed by atoms with Crippen LogP contribution in [0.1, 0.15) is 63.5 Å². The Morgan fingerprint density at radius 1 is 1.04 bits per heavy atom. The van der Waals surface area contributed by atoms with Gasteiger partial charge >= 0.3 is 0 Å². The lowest BCUT2D eigenvalue weighted by molar-refractivity contribution is -0.0703. The molecule has 3 N–H and O–H groups in total. The van der Waals surface area contributed by atoms with E-state index in [0.29, 0.717) is 11.5 Å². The van der Waals surface area contributed by atoms with Gasteiger partial charge < -0.3 is 11.1 Å². The van der Waals surface area contributed by atoms with Gasteiger partial charge in [-0.1, -0.05) is 23.7 Å². The summed E-state index contributed by atoms with van der Waals surface area (Å²) in [6.45, 7) is 3.44. The molecule has 4 aliphatic rings. The number of rotatable bonds is 6. The fourth-order valence-corrected chi connectivity index (χ4v) is 6.38. The zero-order valence-corrected chi connectivity index (χ0v) is 18.0. The summed E-state index contributed by atoms with van der Waals surface area (Å²) in [6.07, 6.45) is 9.95. The van der Waals surface area contributed by atoms with Crippen LogP contribution in [0, 0.1) is 23.2 Å². The summed E-state index contributed by atoms with van der Waals surface area (Å²) in [5.74, 6) is 3.07. The van der Waals surface area contributed by atoms with E-state index in [-0.39, 0.29) is 30.9 Å². The van der Waals surface area contributed by atoms with Crippen LogP contribution >= 0.6 is 36.4 Å². The first-order valence-corrected chi connectivity index (χ1v) is 10.2. The molecule has 0 radical (unpaired) electrons. The molecule has 1 aromatic rings. The van der Waals surface area contributed by atoms with E-state index in [4.69, 9.17) is 17.3 Å². The van der Waals surface area contributed by atoms with Crippen molar-refractivity contribution >= 4 is 36.4 Å². The minimum Gasteiger partial charge on any atom is -0.324 e. The quantitative estimate of drug-likeness (QED) is 0.614. The Morgan fingerprint density at radius 3 is 2.04 bits per heavy atom. The van der Waals surface area contributed by atoms with Crippen LogP contribution < -0.4 is 11.1 Å². The van der Waals surface area contributed by atoms with Gasteiger partial charge in [-0.3, -0.25) is 0 Å². The maximum Gasteiger partial charge on any atom is 0.0406 e. The number of hydrogen-bond acceptors (Lipinski definition) is 2. The largest absolute Gasteiger partial charge is 0.324 e. The van der Waals surface area contributed by atoms with Crippen LogP contribution in [0.3, 0.4) is 0 Å². The molecule has 0 heterocycles. The Morgan fingerprint density at radius 2 is 1.54 bits per heavy atom. The lowest BCUT2D eigenvalue weighted by Gasteiger charge is -2.59. The van der Waals surface area contributed by atoms with Crippen molar-refractivity contribution in [3.8, 4) is 0 Å². The molecule has 5 heteroatoms. The molecule has 4 aliphatic carbocycles. The normalized spacial score (nSPS) is 33.9. The molecule has 4 fully saturated rings. The first-order valence-electron chi connectivity index (χ1n) is 9.78. The van der Waals surface area contributed by atoms with Gasteiger partial charge in [0.1, 0.15) is 0 Å². The smallest absolute Gasteiger partial charge is 0.0406 e. The summed E-state index contributed by atoms with van der Waals surface area (Å²) in [6, 6.07) is 8.69. The van der Waals surface area contributed by atoms with Crippen LogP contribution in [0.4, 0.5) is 0 Å². The lowest BCUT2D eigenvalue weighted by atomic mass is 9.48. The number of nitrogens with one attached hydrogen (secondary N) is 1. The van der Waals surface area contributed by atoms with Gasteiger partial charge in [-0.25, -0.2) is 0 Å². The molecule has 0 spiro atoms. The summed E-state index contributed by atoms with van der Waals surface area (Å²) in [5, 5.41) is 4.62. The number of benzene rings is 1. The average molecular weight is 420 g/mol. The molecule has 0 amide bonds. The van der Waals surface area contributed by atoms with Gasteiger partial charge in [0.25, 0.3) is 0 Å². The summed E-state index contributed by atoms with van der Waals surface area (Å²) >= 11 is 5.96. The molecule has 1 aromatic carbocycles. The molecular formula is C21H33Cl3N2. The summed E-state index contributed by atoms with van der Waals surface area (Å²) in [4.78, 5) is 0. The lowest BCUT2D eigenvalue weighted by Crippen LogP contribution is -2.55. The highest BCUT2D eigenvalue weighted by Gasteiger charge is 2.52. The SMILES string of the molecule is CC(NCCC(N)c1ccc(Cl)cc1)C12CC3CC(CC(C3)C1)C2.Cl.Cl. The Bertz CT molecular complexity index is 540. The van der Waals surface area contributed by atoms with Crippen molar-refractivity contribution in [1.82, 2.24) is 5.32 Å². The van der Waals surface area contributed by atoms with Gasteiger partial charge in [-0.15, -0.1) is 24.8 Å². The minimum absolute atomic E-state index is 0. The number of nitrogens with two attached hydrogens (primary N) is 1. The third kappa shape index (κ3) is 4.52. The summed E-state index contributed by atoms with van der Waals surface area (Å²) < 4.78 is 0. The Hall–Kier alpha value is 0.01000. The molecule has 4 bridgehead atoms. The van der Waals surface area contributed by atoms with Gasteiger partial charge in [0.2, 0.25) is 0 Å². The van der Waals surface area contributed by atoms with Crippen LogP contribution in [-0.2, 0) is 0 Å². The molecule has 26 heavy (non-hydrogen) atoms. The molecule has 0 saturated heterocycles. The average Bonchev–Trinajstić information content (AvgIpc) is 2.54. The first-order chi connectivity index (χ1) is 11.5. The van der Waals surface area contributed by atoms with E-state index >= 15 is 0 Å². The second-order valence-corrected chi connectivity index (χ2v) is 9.34. The second kappa shape index (κ2) is 9.01. The van der Waals surface area contributed by atoms with Crippen LogP contribution in [0.15, 0.2) is 24.3 Å². The van der Waals surface area contributed by atoms with Gasteiger partial charge in [-0.05, 0) is 99.3 Å². The van der Waals surface area contributed by atoms with Crippen LogP contribution in [0.25, 0.3) is 0 Å². The van der Waals surface area contributed by atoms with Gasteiger partial charge in [-0.2, -0.15) is 0 Å².